The fourth-order valence-corrected chi connectivity index (χ4v) is 0.653. The molecule has 1 heterocycles. The Morgan fingerprint density at radius 1 is 1.44 bits per heavy atom. The van der Waals surface area contributed by atoms with E-state index in [1.54, 1.807) is 0 Å². The van der Waals surface area contributed by atoms with E-state index in [1.165, 1.54) is 0 Å². The third kappa shape index (κ3) is 1.83. The Balaban J connectivity index is 2.58. The van der Waals surface area contributed by atoms with E-state index in [-0.39, 0.29) is 0 Å². The summed E-state index contributed by atoms with van der Waals surface area (Å²) in [5.74, 6) is 0.909. The fourth-order valence-electron chi connectivity index (χ4n) is 0.653. The number of amidine groups is 1. The summed E-state index contributed by atoms with van der Waals surface area (Å²) in [6.07, 6.45) is 0.977. The van der Waals surface area contributed by atoms with Crippen molar-refractivity contribution in [3.8, 4) is 0 Å². The molecule has 0 amide bonds. The van der Waals surface area contributed by atoms with Crippen LogP contribution in [0.15, 0.2) is 10.1 Å². The van der Waals surface area contributed by atoms with Gasteiger partial charge in [-0.1, -0.05) is 0 Å². The Morgan fingerprint density at radius 3 is 3.00 bits per heavy atom. The maximum atomic E-state index is 4.16. The molecule has 50 valence electrons. The Morgan fingerprint density at radius 2 is 2.22 bits per heavy atom. The second kappa shape index (κ2) is 2.62. The van der Waals surface area contributed by atoms with Crippen molar-refractivity contribution < 1.29 is 0 Å². The summed E-state index contributed by atoms with van der Waals surface area (Å²) in [5, 5.41) is 4.04. The first-order chi connectivity index (χ1) is 4.29. The average molecular weight is 125 g/mol. The second-order valence-electron chi connectivity index (χ2n) is 2.18. The van der Waals surface area contributed by atoms with Crippen LogP contribution in [0, 0.1) is 0 Å². The first kappa shape index (κ1) is 6.26. The smallest absolute Gasteiger partial charge is 0.113 e. The van der Waals surface area contributed by atoms with Gasteiger partial charge in [-0.2, -0.15) is 5.10 Å². The summed E-state index contributed by atoms with van der Waals surface area (Å²) in [7, 11) is 0. The summed E-state index contributed by atoms with van der Waals surface area (Å²) in [5.41, 5.74) is 3.95. The highest BCUT2D eigenvalue weighted by Gasteiger charge is 1.96. The summed E-state index contributed by atoms with van der Waals surface area (Å²) < 4.78 is 0. The Hall–Kier alpha value is -0.860. The van der Waals surface area contributed by atoms with Crippen molar-refractivity contribution in [1.29, 1.82) is 0 Å². The van der Waals surface area contributed by atoms with Gasteiger partial charge in [0.25, 0.3) is 0 Å². The van der Waals surface area contributed by atoms with Gasteiger partial charge in [0.05, 0.1) is 0 Å². The largest absolute Gasteiger partial charge is 0.271 e. The minimum absolute atomic E-state index is 0.869. The van der Waals surface area contributed by atoms with Gasteiger partial charge in [-0.25, -0.2) is 0 Å². The predicted molar refractivity (Wildman–Crippen MR) is 38.8 cm³/mol. The van der Waals surface area contributed by atoms with Gasteiger partial charge in [0.15, 0.2) is 0 Å². The van der Waals surface area contributed by atoms with Gasteiger partial charge in [-0.05, 0) is 13.8 Å². The zero-order chi connectivity index (χ0) is 6.69. The highest BCUT2D eigenvalue weighted by Crippen LogP contribution is 1.90. The molecule has 1 N–H and O–H groups in total. The van der Waals surface area contributed by atoms with Gasteiger partial charge < -0.3 is 0 Å². The van der Waals surface area contributed by atoms with Gasteiger partial charge in [0.1, 0.15) is 5.84 Å². The van der Waals surface area contributed by atoms with Gasteiger partial charge in [0, 0.05) is 18.7 Å². The van der Waals surface area contributed by atoms with Gasteiger partial charge in [-0.3, -0.25) is 10.4 Å². The highest BCUT2D eigenvalue weighted by atomic mass is 15.3. The molecule has 0 atom stereocenters. The third-order valence-corrected chi connectivity index (χ3v) is 1.23. The lowest BCUT2D eigenvalue weighted by molar-refractivity contribution is 1.01. The van der Waals surface area contributed by atoms with E-state index in [9.17, 15) is 0 Å². The summed E-state index contributed by atoms with van der Waals surface area (Å²) in [4.78, 5) is 4.16. The normalized spacial score (nSPS) is 19.3. The monoisotopic (exact) mass is 125 g/mol. The Kier molecular flexibility index (Phi) is 1.82. The molecule has 0 aromatic heterocycles. The van der Waals surface area contributed by atoms with E-state index < -0.39 is 0 Å². The number of hydrazone groups is 1. The van der Waals surface area contributed by atoms with Crippen LogP contribution in [0.1, 0.15) is 20.3 Å². The van der Waals surface area contributed by atoms with E-state index in [2.05, 4.69) is 15.5 Å². The number of hydrogen-bond donors (Lipinski definition) is 1. The standard InChI is InChI=1S/C6H11N3/c1-5-3-4-7-6(2)9-8-5/h3-4H2,1-2H3,(H,7,9). The molecule has 0 aliphatic carbocycles. The zero-order valence-electron chi connectivity index (χ0n) is 5.81. The summed E-state index contributed by atoms with van der Waals surface area (Å²) in [6.45, 7) is 4.79. The van der Waals surface area contributed by atoms with Crippen LogP contribution in [0.25, 0.3) is 0 Å². The lowest BCUT2D eigenvalue weighted by atomic mass is 10.3. The molecule has 0 saturated heterocycles. The molecule has 3 nitrogen and oxygen atoms in total. The number of aliphatic imine (C=N–C) groups is 1. The fraction of sp³-hybridized carbons (Fsp3) is 0.667. The molecule has 0 unspecified atom stereocenters. The van der Waals surface area contributed by atoms with Crippen LogP contribution in [0.4, 0.5) is 0 Å². The van der Waals surface area contributed by atoms with Crippen molar-refractivity contribution in [2.75, 3.05) is 6.54 Å². The molecular formula is C6H11N3. The van der Waals surface area contributed by atoms with Crippen molar-refractivity contribution in [1.82, 2.24) is 5.43 Å². The molecule has 1 aliphatic heterocycles. The number of rotatable bonds is 0. The maximum absolute atomic E-state index is 4.16. The quantitative estimate of drug-likeness (QED) is 0.510. The van der Waals surface area contributed by atoms with Gasteiger partial charge in [-0.15, -0.1) is 0 Å². The topological polar surface area (TPSA) is 36.8 Å². The lowest BCUT2D eigenvalue weighted by Gasteiger charge is -1.92. The van der Waals surface area contributed by atoms with E-state index in [0.717, 1.165) is 24.5 Å². The highest BCUT2D eigenvalue weighted by molar-refractivity contribution is 5.87. The molecular weight excluding hydrogens is 114 g/mol. The lowest BCUT2D eigenvalue weighted by Crippen LogP contribution is -2.12. The summed E-state index contributed by atoms with van der Waals surface area (Å²) in [6, 6.07) is 0. The molecule has 0 aromatic carbocycles. The Labute approximate surface area is 54.9 Å². The van der Waals surface area contributed by atoms with Crippen LogP contribution in [0.2, 0.25) is 0 Å². The zero-order valence-corrected chi connectivity index (χ0v) is 5.81. The number of nitrogens with zero attached hydrogens (tertiary/aromatic N) is 2. The molecule has 0 bridgehead atoms. The maximum Gasteiger partial charge on any atom is 0.113 e. The summed E-state index contributed by atoms with van der Waals surface area (Å²) >= 11 is 0. The Bertz CT molecular complexity index is 158. The minimum Gasteiger partial charge on any atom is -0.271 e. The van der Waals surface area contributed by atoms with Crippen molar-refractivity contribution in [2.45, 2.75) is 20.3 Å². The van der Waals surface area contributed by atoms with Crippen LogP contribution in [0.5, 0.6) is 0 Å². The first-order valence-electron chi connectivity index (χ1n) is 3.09. The van der Waals surface area contributed by atoms with Crippen LogP contribution in [-0.2, 0) is 0 Å². The van der Waals surface area contributed by atoms with Crippen molar-refractivity contribution >= 4 is 11.5 Å². The van der Waals surface area contributed by atoms with Crippen LogP contribution >= 0.6 is 0 Å². The predicted octanol–water partition coefficient (Wildman–Crippen LogP) is 0.774. The molecule has 1 rings (SSSR count). The van der Waals surface area contributed by atoms with Gasteiger partial charge in [0.2, 0.25) is 0 Å². The van der Waals surface area contributed by atoms with E-state index in [0.29, 0.717) is 0 Å². The van der Waals surface area contributed by atoms with Crippen LogP contribution in [-0.4, -0.2) is 18.1 Å². The SMILES string of the molecule is CC1=NNC(C)=NCC1. The molecule has 0 radical (unpaired) electrons. The molecule has 0 fully saturated rings. The molecule has 0 aromatic rings. The molecule has 9 heavy (non-hydrogen) atoms. The molecule has 0 saturated carbocycles. The van der Waals surface area contributed by atoms with Gasteiger partial charge >= 0.3 is 0 Å². The van der Waals surface area contributed by atoms with Crippen molar-refractivity contribution in [3.05, 3.63) is 0 Å². The van der Waals surface area contributed by atoms with E-state index in [4.69, 9.17) is 0 Å². The molecule has 1 aliphatic rings. The van der Waals surface area contributed by atoms with Crippen molar-refractivity contribution in [3.63, 3.8) is 0 Å². The van der Waals surface area contributed by atoms with Crippen molar-refractivity contribution in [2.24, 2.45) is 10.1 Å². The van der Waals surface area contributed by atoms with Crippen LogP contribution in [0.3, 0.4) is 0 Å². The van der Waals surface area contributed by atoms with Crippen LogP contribution < -0.4 is 5.43 Å². The minimum atomic E-state index is 0.869. The van der Waals surface area contributed by atoms with E-state index >= 15 is 0 Å². The number of nitrogens with one attached hydrogen (secondary N) is 1. The molecule has 3 heteroatoms. The third-order valence-electron chi connectivity index (χ3n) is 1.23. The first-order valence-corrected chi connectivity index (χ1v) is 3.09. The second-order valence-corrected chi connectivity index (χ2v) is 2.18. The molecule has 0 spiro atoms. The average Bonchev–Trinajstić information content (AvgIpc) is 1.97. The van der Waals surface area contributed by atoms with E-state index in [1.807, 2.05) is 13.8 Å². The number of hydrogen-bond acceptors (Lipinski definition) is 3.